The Hall–Kier alpha value is -3.67. The Morgan fingerprint density at radius 1 is 0.686 bits per heavy atom. The highest BCUT2D eigenvalue weighted by Gasteiger charge is 2.12. The molecule has 0 aliphatic rings. The van der Waals surface area contributed by atoms with E-state index in [9.17, 15) is 4.79 Å². The number of anilines is 3. The number of carbonyl (C=O) groups excluding carboxylic acids is 1. The van der Waals surface area contributed by atoms with E-state index in [1.54, 1.807) is 30.3 Å². The van der Waals surface area contributed by atoms with Crippen molar-refractivity contribution in [2.75, 3.05) is 23.8 Å². The molecule has 4 aromatic rings. The van der Waals surface area contributed by atoms with Crippen LogP contribution in [0, 0.1) is 0 Å². The first-order valence-electron chi connectivity index (χ1n) is 11.1. The van der Waals surface area contributed by atoms with Crippen molar-refractivity contribution >= 4 is 46.2 Å². The van der Waals surface area contributed by atoms with Crippen molar-refractivity contribution in [1.82, 2.24) is 0 Å². The fourth-order valence-electron chi connectivity index (χ4n) is 3.40. The van der Waals surface area contributed by atoms with Crippen LogP contribution in [-0.4, -0.2) is 19.1 Å². The molecule has 0 spiro atoms. The highest BCUT2D eigenvalue weighted by molar-refractivity contribution is 6.39. The Balaban J connectivity index is 1.29. The van der Waals surface area contributed by atoms with Crippen LogP contribution in [0.4, 0.5) is 17.1 Å². The number of hydrogen-bond acceptors (Lipinski definition) is 4. The van der Waals surface area contributed by atoms with Gasteiger partial charge in [0.2, 0.25) is 5.91 Å². The summed E-state index contributed by atoms with van der Waals surface area (Å²) in [5, 5.41) is 7.18. The van der Waals surface area contributed by atoms with Gasteiger partial charge in [0.15, 0.2) is 0 Å². The minimum absolute atomic E-state index is 0.144. The van der Waals surface area contributed by atoms with Gasteiger partial charge in [-0.15, -0.1) is 0 Å². The number of benzene rings is 4. The first kappa shape index (κ1) is 24.5. The summed E-state index contributed by atoms with van der Waals surface area (Å²) in [6, 6.07) is 29.7. The lowest BCUT2D eigenvalue weighted by molar-refractivity contribution is -0.115. The van der Waals surface area contributed by atoms with E-state index in [1.807, 2.05) is 66.7 Å². The average Bonchev–Trinajstić information content (AvgIpc) is 2.87. The van der Waals surface area contributed by atoms with Gasteiger partial charge in [0.25, 0.3) is 0 Å². The fraction of sp³-hybridized carbons (Fsp3) is 0.107. The number of carbonyl (C=O) groups is 1. The van der Waals surface area contributed by atoms with Crippen molar-refractivity contribution in [2.45, 2.75) is 6.42 Å². The summed E-state index contributed by atoms with van der Waals surface area (Å²) in [5.74, 6) is 1.36. The summed E-state index contributed by atoms with van der Waals surface area (Å²) in [4.78, 5) is 12.7. The molecule has 0 aromatic heterocycles. The van der Waals surface area contributed by atoms with Gasteiger partial charge in [-0.2, -0.15) is 0 Å². The summed E-state index contributed by atoms with van der Waals surface area (Å²) in [6.45, 7) is 0.856. The zero-order chi connectivity index (χ0) is 24.5. The molecule has 0 saturated carbocycles. The molecule has 0 aliphatic heterocycles. The summed E-state index contributed by atoms with van der Waals surface area (Å²) in [5.41, 5.74) is 2.87. The molecule has 178 valence electrons. The molecule has 1 amide bonds. The summed E-state index contributed by atoms with van der Waals surface area (Å²) >= 11 is 12.6. The Morgan fingerprint density at radius 3 is 1.97 bits per heavy atom. The quantitative estimate of drug-likeness (QED) is 0.220. The van der Waals surface area contributed by atoms with E-state index >= 15 is 0 Å². The maximum Gasteiger partial charge on any atom is 0.228 e. The molecule has 0 aliphatic carbocycles. The fourth-order valence-corrected chi connectivity index (χ4v) is 3.89. The van der Waals surface area contributed by atoms with E-state index in [4.69, 9.17) is 32.7 Å². The van der Waals surface area contributed by atoms with E-state index in [0.29, 0.717) is 40.4 Å². The lowest BCUT2D eigenvalue weighted by Crippen LogP contribution is -2.15. The standard InChI is InChI=1S/C28H24Cl2N2O3/c29-24-10-6-11-25(30)28(24)32-26-12-5-4-7-20(26)19-27(33)31-21-13-15-23(16-14-21)35-18-17-34-22-8-2-1-3-9-22/h1-16,32H,17-19H2,(H,31,33). The Kier molecular flexibility index (Phi) is 8.49. The number of halogens is 2. The molecular weight excluding hydrogens is 483 g/mol. The van der Waals surface area contributed by atoms with Gasteiger partial charge in [-0.05, 0) is 60.2 Å². The highest BCUT2D eigenvalue weighted by Crippen LogP contribution is 2.33. The molecule has 5 nitrogen and oxygen atoms in total. The van der Waals surface area contributed by atoms with Gasteiger partial charge in [-0.1, -0.05) is 65.7 Å². The predicted octanol–water partition coefficient (Wildman–Crippen LogP) is 7.38. The molecule has 0 bridgehead atoms. The minimum Gasteiger partial charge on any atom is -0.490 e. The number of hydrogen-bond donors (Lipinski definition) is 2. The SMILES string of the molecule is O=C(Cc1ccccc1Nc1c(Cl)cccc1Cl)Nc1ccc(OCCOc2ccccc2)cc1. The van der Waals surface area contributed by atoms with Gasteiger partial charge >= 0.3 is 0 Å². The van der Waals surface area contributed by atoms with E-state index in [-0.39, 0.29) is 12.3 Å². The third-order valence-electron chi connectivity index (χ3n) is 5.09. The van der Waals surface area contributed by atoms with Crippen LogP contribution in [0.25, 0.3) is 0 Å². The zero-order valence-corrected chi connectivity index (χ0v) is 20.4. The molecule has 4 aromatic carbocycles. The van der Waals surface area contributed by atoms with E-state index in [1.165, 1.54) is 0 Å². The third kappa shape index (κ3) is 7.15. The molecule has 0 fully saturated rings. The second kappa shape index (κ2) is 12.2. The van der Waals surface area contributed by atoms with E-state index in [2.05, 4.69) is 10.6 Å². The van der Waals surface area contributed by atoms with E-state index < -0.39 is 0 Å². The second-order valence-corrected chi connectivity index (χ2v) is 8.45. The first-order valence-corrected chi connectivity index (χ1v) is 11.8. The van der Waals surface area contributed by atoms with Crippen LogP contribution >= 0.6 is 23.2 Å². The average molecular weight is 507 g/mol. The van der Waals surface area contributed by atoms with Gasteiger partial charge in [0, 0.05) is 11.4 Å². The molecule has 35 heavy (non-hydrogen) atoms. The van der Waals surface area contributed by atoms with E-state index in [0.717, 1.165) is 17.0 Å². The summed E-state index contributed by atoms with van der Waals surface area (Å²) in [7, 11) is 0. The molecule has 2 N–H and O–H groups in total. The van der Waals surface area contributed by atoms with Crippen LogP contribution in [0.1, 0.15) is 5.56 Å². The van der Waals surface area contributed by atoms with Gasteiger partial charge < -0.3 is 20.1 Å². The van der Waals surface area contributed by atoms with Crippen LogP contribution in [0.2, 0.25) is 10.0 Å². The number of nitrogens with one attached hydrogen (secondary N) is 2. The van der Waals surface area contributed by atoms with Gasteiger partial charge in [0.05, 0.1) is 22.2 Å². The lowest BCUT2D eigenvalue weighted by Gasteiger charge is -2.14. The smallest absolute Gasteiger partial charge is 0.228 e. The first-order chi connectivity index (χ1) is 17.1. The Morgan fingerprint density at radius 2 is 1.29 bits per heavy atom. The Bertz CT molecular complexity index is 1240. The van der Waals surface area contributed by atoms with Crippen LogP contribution in [0.15, 0.2) is 97.1 Å². The number of ether oxygens (including phenoxy) is 2. The van der Waals surface area contributed by atoms with Crippen LogP contribution < -0.4 is 20.1 Å². The third-order valence-corrected chi connectivity index (χ3v) is 5.72. The van der Waals surface area contributed by atoms with Crippen LogP contribution in [0.3, 0.4) is 0 Å². The molecule has 4 rings (SSSR count). The monoisotopic (exact) mass is 506 g/mol. The molecule has 0 atom stereocenters. The van der Waals surface area contributed by atoms with Crippen molar-refractivity contribution in [3.63, 3.8) is 0 Å². The largest absolute Gasteiger partial charge is 0.490 e. The van der Waals surface area contributed by atoms with Gasteiger partial charge in [-0.3, -0.25) is 4.79 Å². The number of para-hydroxylation sites is 3. The normalized spacial score (nSPS) is 10.5. The number of amides is 1. The lowest BCUT2D eigenvalue weighted by atomic mass is 10.1. The molecule has 0 radical (unpaired) electrons. The molecular formula is C28H24Cl2N2O3. The maximum absolute atomic E-state index is 12.7. The predicted molar refractivity (Wildman–Crippen MR) is 142 cm³/mol. The maximum atomic E-state index is 12.7. The molecule has 0 unspecified atom stereocenters. The summed E-state index contributed by atoms with van der Waals surface area (Å²) in [6.07, 6.45) is 0.181. The minimum atomic E-state index is -0.144. The van der Waals surface area contributed by atoms with Crippen LogP contribution in [0.5, 0.6) is 11.5 Å². The molecule has 0 saturated heterocycles. The van der Waals surface area contributed by atoms with Gasteiger partial charge in [-0.25, -0.2) is 0 Å². The topological polar surface area (TPSA) is 59.6 Å². The van der Waals surface area contributed by atoms with Crippen molar-refractivity contribution < 1.29 is 14.3 Å². The van der Waals surface area contributed by atoms with Crippen molar-refractivity contribution in [2.24, 2.45) is 0 Å². The highest BCUT2D eigenvalue weighted by atomic mass is 35.5. The zero-order valence-electron chi connectivity index (χ0n) is 18.8. The van der Waals surface area contributed by atoms with Crippen molar-refractivity contribution in [3.05, 3.63) is 113 Å². The van der Waals surface area contributed by atoms with Crippen molar-refractivity contribution in [3.8, 4) is 11.5 Å². The summed E-state index contributed by atoms with van der Waals surface area (Å²) < 4.78 is 11.3. The van der Waals surface area contributed by atoms with Crippen LogP contribution in [-0.2, 0) is 11.2 Å². The second-order valence-electron chi connectivity index (χ2n) is 7.64. The molecule has 7 heteroatoms. The van der Waals surface area contributed by atoms with Crippen molar-refractivity contribution in [1.29, 1.82) is 0 Å². The molecule has 0 heterocycles. The Labute approximate surface area is 214 Å². The number of rotatable bonds is 10. The van der Waals surface area contributed by atoms with Gasteiger partial charge in [0.1, 0.15) is 24.7 Å².